The normalized spacial score (nSPS) is 15.3. The number of hydrogen-bond donors (Lipinski definition) is 1. The summed E-state index contributed by atoms with van der Waals surface area (Å²) in [6.45, 7) is 6.40. The number of likely N-dealkylation sites (tertiary alicyclic amines) is 1. The molecule has 0 amide bonds. The Kier molecular flexibility index (Phi) is 16.0. The maximum atomic E-state index is 8.63. The topological polar surface area (TPSA) is 64.0 Å². The summed E-state index contributed by atoms with van der Waals surface area (Å²) in [6, 6.07) is 14.9. The highest BCUT2D eigenvalue weighted by Gasteiger charge is 2.30. The fourth-order valence-corrected chi connectivity index (χ4v) is 6.97. The first-order valence-corrected chi connectivity index (χ1v) is 18.2. The first-order valence-electron chi connectivity index (χ1n) is 18.2. The average molecular weight is 633 g/mol. The largest absolute Gasteiger partial charge is 0.493 e. The van der Waals surface area contributed by atoms with Crippen molar-refractivity contribution in [1.82, 2.24) is 4.90 Å². The van der Waals surface area contributed by atoms with Gasteiger partial charge in [0.1, 0.15) is 12.4 Å². The molecule has 2 aromatic rings. The van der Waals surface area contributed by atoms with E-state index in [1.165, 1.54) is 100 Å². The lowest BCUT2D eigenvalue weighted by atomic mass is 9.89. The van der Waals surface area contributed by atoms with Gasteiger partial charge in [-0.25, -0.2) is 0 Å². The van der Waals surface area contributed by atoms with Gasteiger partial charge in [-0.1, -0.05) is 108 Å². The summed E-state index contributed by atoms with van der Waals surface area (Å²) >= 11 is 0. The summed E-state index contributed by atoms with van der Waals surface area (Å²) in [4.78, 5) is 2.57. The van der Waals surface area contributed by atoms with E-state index in [9.17, 15) is 0 Å². The average Bonchev–Trinajstić information content (AvgIpc) is 3.40. The zero-order valence-corrected chi connectivity index (χ0v) is 29.0. The molecule has 0 unspecified atom stereocenters. The molecule has 1 fully saturated rings. The number of unbranched alkanes of at least 4 members (excludes halogenated alkanes) is 11. The third-order valence-corrected chi connectivity index (χ3v) is 9.67. The van der Waals surface area contributed by atoms with Crippen LogP contribution in [-0.4, -0.2) is 51.3 Å². The first kappa shape index (κ1) is 36.0. The summed E-state index contributed by atoms with van der Waals surface area (Å²) in [6.07, 6.45) is 20.1. The lowest BCUT2D eigenvalue weighted by Crippen LogP contribution is -2.33. The number of ether oxygens (including phenoxy) is 4. The molecule has 254 valence electrons. The zero-order valence-electron chi connectivity index (χ0n) is 29.0. The molecule has 0 radical (unpaired) electrons. The van der Waals surface area contributed by atoms with E-state index in [0.29, 0.717) is 18.3 Å². The van der Waals surface area contributed by atoms with Gasteiger partial charge in [-0.2, -0.15) is 0 Å². The highest BCUT2D eigenvalue weighted by Crippen LogP contribution is 2.43. The van der Waals surface area contributed by atoms with Crippen molar-refractivity contribution in [2.24, 2.45) is 5.92 Å². The van der Waals surface area contributed by atoms with Crippen molar-refractivity contribution in [3.05, 3.63) is 64.7 Å². The van der Waals surface area contributed by atoms with Gasteiger partial charge in [-0.3, -0.25) is 10.3 Å². The van der Waals surface area contributed by atoms with Crippen LogP contribution in [0.2, 0.25) is 0 Å². The Balaban J connectivity index is 1.22. The molecule has 4 rings (SSSR count). The number of allylic oxidation sites excluding steroid dienone is 1. The van der Waals surface area contributed by atoms with Gasteiger partial charge in [0.05, 0.1) is 14.2 Å². The Morgan fingerprint density at radius 2 is 1.41 bits per heavy atom. The molecular weight excluding hydrogens is 572 g/mol. The second-order valence-corrected chi connectivity index (χ2v) is 13.3. The molecule has 0 atom stereocenters. The number of nitrogens with one attached hydrogen (secondary N) is 1. The Bertz CT molecular complexity index is 1200. The lowest BCUT2D eigenvalue weighted by molar-refractivity contribution is 0.154. The molecule has 0 saturated carbocycles. The van der Waals surface area contributed by atoms with Crippen molar-refractivity contribution in [2.45, 2.75) is 116 Å². The van der Waals surface area contributed by atoms with Crippen LogP contribution in [0.1, 0.15) is 120 Å². The fraction of sp³-hybridized carbons (Fsp3) is 0.625. The molecule has 2 aromatic carbocycles. The zero-order chi connectivity index (χ0) is 32.4. The second kappa shape index (κ2) is 20.4. The summed E-state index contributed by atoms with van der Waals surface area (Å²) in [5.41, 5.74) is 4.85. The number of rotatable bonds is 22. The van der Waals surface area contributed by atoms with Gasteiger partial charge in [0.15, 0.2) is 11.5 Å². The molecule has 1 aliphatic heterocycles. The maximum absolute atomic E-state index is 8.63. The van der Waals surface area contributed by atoms with Crippen LogP contribution < -0.4 is 9.47 Å². The highest BCUT2D eigenvalue weighted by molar-refractivity contribution is 5.85. The van der Waals surface area contributed by atoms with E-state index >= 15 is 0 Å². The Morgan fingerprint density at radius 3 is 2.04 bits per heavy atom. The minimum absolute atomic E-state index is 0.173. The molecule has 1 heterocycles. The van der Waals surface area contributed by atoms with Gasteiger partial charge >= 0.3 is 0 Å². The van der Waals surface area contributed by atoms with Crippen molar-refractivity contribution >= 4 is 11.7 Å². The van der Waals surface area contributed by atoms with Gasteiger partial charge in [-0.15, -0.1) is 0 Å². The van der Waals surface area contributed by atoms with E-state index in [4.69, 9.17) is 24.4 Å². The van der Waals surface area contributed by atoms with Crippen LogP contribution in [0.15, 0.2) is 48.0 Å². The molecule has 6 heteroatoms. The monoisotopic (exact) mass is 632 g/mol. The van der Waals surface area contributed by atoms with Crippen molar-refractivity contribution < 1.29 is 18.9 Å². The summed E-state index contributed by atoms with van der Waals surface area (Å²) < 4.78 is 23.4. The van der Waals surface area contributed by atoms with Gasteiger partial charge in [0, 0.05) is 18.7 Å². The highest BCUT2D eigenvalue weighted by atomic mass is 16.5. The Labute approximate surface area is 279 Å². The van der Waals surface area contributed by atoms with E-state index < -0.39 is 0 Å². The molecule has 0 bridgehead atoms. The van der Waals surface area contributed by atoms with Gasteiger partial charge < -0.3 is 18.9 Å². The van der Waals surface area contributed by atoms with Crippen molar-refractivity contribution in [2.75, 3.05) is 40.5 Å². The molecule has 0 aromatic heterocycles. The molecule has 1 saturated heterocycles. The van der Waals surface area contributed by atoms with Crippen LogP contribution in [0, 0.1) is 11.3 Å². The maximum Gasteiger partial charge on any atom is 0.213 e. The van der Waals surface area contributed by atoms with Crippen LogP contribution in [0.3, 0.4) is 0 Å². The fourth-order valence-electron chi connectivity index (χ4n) is 6.97. The predicted octanol–water partition coefficient (Wildman–Crippen LogP) is 9.98. The molecule has 0 spiro atoms. The van der Waals surface area contributed by atoms with Gasteiger partial charge in [-0.05, 0) is 79.9 Å². The molecule has 6 nitrogen and oxygen atoms in total. The number of methoxy groups -OCH3 is 2. The van der Waals surface area contributed by atoms with E-state index in [2.05, 4.69) is 48.2 Å². The van der Waals surface area contributed by atoms with Crippen LogP contribution >= 0.6 is 0 Å². The molecule has 1 aliphatic carbocycles. The molecule has 46 heavy (non-hydrogen) atoms. The van der Waals surface area contributed by atoms with Crippen LogP contribution in [0.5, 0.6) is 11.5 Å². The lowest BCUT2D eigenvalue weighted by Gasteiger charge is -2.32. The van der Waals surface area contributed by atoms with Crippen LogP contribution in [-0.2, 0) is 22.4 Å². The summed E-state index contributed by atoms with van der Waals surface area (Å²) in [5, 5.41) is 8.63. The number of fused-ring (bicyclic) bond motifs is 1. The van der Waals surface area contributed by atoms with Crippen molar-refractivity contribution in [1.29, 1.82) is 5.41 Å². The second-order valence-electron chi connectivity index (χ2n) is 13.3. The molecule has 1 N–H and O–H groups in total. The third kappa shape index (κ3) is 11.8. The Hall–Kier alpha value is -2.83. The van der Waals surface area contributed by atoms with Gasteiger partial charge in [0.25, 0.3) is 0 Å². The predicted molar refractivity (Wildman–Crippen MR) is 190 cm³/mol. The minimum atomic E-state index is 0.173. The standard InChI is InChI=1S/C40H60N2O4/c1-4-5-6-7-8-9-10-11-12-13-14-18-25-45-31-39(41)46-40-35(27-34-28-37(43-2)38(44-3)29-36(34)40)26-32-21-23-42(24-22-32)30-33-19-16-15-17-20-33/h15-17,19-20,28-29,32,41H,4-14,18,21-27,30-31H2,1-3H3. The van der Waals surface area contributed by atoms with Crippen LogP contribution in [0.25, 0.3) is 5.76 Å². The summed E-state index contributed by atoms with van der Waals surface area (Å²) in [5.74, 6) is 3.02. The van der Waals surface area contributed by atoms with Gasteiger partial charge in [0.2, 0.25) is 5.90 Å². The van der Waals surface area contributed by atoms with E-state index in [-0.39, 0.29) is 12.5 Å². The SMILES string of the molecule is CCCCCCCCCCCCCCOCC(=N)OC1=C(CC2CCN(Cc3ccccc3)CC2)Cc2cc(OC)c(OC)cc21. The minimum Gasteiger partial charge on any atom is -0.493 e. The van der Waals surface area contributed by atoms with Crippen molar-refractivity contribution in [3.63, 3.8) is 0 Å². The third-order valence-electron chi connectivity index (χ3n) is 9.67. The van der Waals surface area contributed by atoms with Crippen molar-refractivity contribution in [3.8, 4) is 11.5 Å². The first-order chi connectivity index (χ1) is 22.6. The number of piperidine rings is 1. The number of hydrogen-bond acceptors (Lipinski definition) is 6. The number of nitrogens with zero attached hydrogens (tertiary/aromatic N) is 1. The van der Waals surface area contributed by atoms with E-state index in [1.807, 2.05) is 6.07 Å². The Morgan fingerprint density at radius 1 is 0.804 bits per heavy atom. The smallest absolute Gasteiger partial charge is 0.213 e. The van der Waals surface area contributed by atoms with Crippen LogP contribution in [0.4, 0.5) is 0 Å². The summed E-state index contributed by atoms with van der Waals surface area (Å²) in [7, 11) is 3.34. The molecular formula is C40H60N2O4. The van der Waals surface area contributed by atoms with E-state index in [1.54, 1.807) is 14.2 Å². The quantitative estimate of drug-likeness (QED) is 0.0795. The molecule has 2 aliphatic rings. The van der Waals surface area contributed by atoms with E-state index in [0.717, 1.165) is 56.0 Å². The number of benzene rings is 2.